The Balaban J connectivity index is 1.31. The summed E-state index contributed by atoms with van der Waals surface area (Å²) in [6.07, 6.45) is -7.42. The van der Waals surface area contributed by atoms with Crippen molar-refractivity contribution in [3.05, 3.63) is 18.0 Å². The second kappa shape index (κ2) is 11.3. The number of likely N-dealkylation sites (tertiary alicyclic amines) is 1. The van der Waals surface area contributed by atoms with Gasteiger partial charge in [-0.05, 0) is 19.8 Å². The lowest BCUT2D eigenvalue weighted by Crippen LogP contribution is -2.65. The Bertz CT molecular complexity index is 1060. The number of carbonyl (C=O) groups is 2. The van der Waals surface area contributed by atoms with Crippen molar-refractivity contribution in [2.24, 2.45) is 11.3 Å². The van der Waals surface area contributed by atoms with Crippen LogP contribution in [0.2, 0.25) is 0 Å². The maximum Gasteiger partial charge on any atom is 0.419 e. The van der Waals surface area contributed by atoms with E-state index in [0.29, 0.717) is 32.5 Å². The molecule has 3 saturated heterocycles. The third-order valence-electron chi connectivity index (χ3n) is 7.53. The van der Waals surface area contributed by atoms with Gasteiger partial charge < -0.3 is 19.9 Å². The van der Waals surface area contributed by atoms with E-state index >= 15 is 0 Å². The minimum absolute atomic E-state index is 0.0416. The van der Waals surface area contributed by atoms with E-state index in [1.165, 1.54) is 0 Å². The molecule has 0 bridgehead atoms. The van der Waals surface area contributed by atoms with E-state index in [4.69, 9.17) is 4.74 Å². The van der Waals surface area contributed by atoms with Crippen molar-refractivity contribution in [3.63, 3.8) is 0 Å². The molecule has 4 rings (SSSR count). The Kier molecular flexibility index (Phi) is 8.53. The molecule has 0 spiro atoms. The van der Waals surface area contributed by atoms with Crippen LogP contribution in [0.15, 0.2) is 12.4 Å². The highest BCUT2D eigenvalue weighted by molar-refractivity contribution is 5.84. The van der Waals surface area contributed by atoms with Gasteiger partial charge >= 0.3 is 12.4 Å². The first-order valence-electron chi connectivity index (χ1n) is 13.0. The standard InChI is InChI=1S/C24H33F6N7O3/c1-13(34-16-10-33-35-19(38)17(16)24(28,29)30)11-40-18-20(39)37(12-22(18,2)3)15-4-6-36(7-5-15)21-31-8-14(9-32-21)23(25,26)27/h8-9,13,15-18,33-34H,4-7,10-12H2,1-3H3,(H,35,38)/t13-,16?,17?,18+/m0/s1. The van der Waals surface area contributed by atoms with Crippen LogP contribution in [0.1, 0.15) is 39.2 Å². The van der Waals surface area contributed by atoms with E-state index in [1.54, 1.807) is 16.7 Å². The summed E-state index contributed by atoms with van der Waals surface area (Å²) in [5.41, 5.74) is 2.98. The second-order valence-electron chi connectivity index (χ2n) is 11.2. The molecule has 0 aromatic carbocycles. The summed E-state index contributed by atoms with van der Waals surface area (Å²) in [4.78, 5) is 36.4. The Morgan fingerprint density at radius 3 is 2.33 bits per heavy atom. The number of aromatic nitrogens is 2. The molecule has 3 N–H and O–H groups in total. The molecule has 0 aliphatic carbocycles. The van der Waals surface area contributed by atoms with E-state index in [9.17, 15) is 35.9 Å². The molecule has 40 heavy (non-hydrogen) atoms. The molecule has 16 heteroatoms. The fourth-order valence-corrected chi connectivity index (χ4v) is 5.51. The molecule has 3 aliphatic heterocycles. The molecule has 10 nitrogen and oxygen atoms in total. The number of nitrogens with zero attached hydrogens (tertiary/aromatic N) is 4. The summed E-state index contributed by atoms with van der Waals surface area (Å²) >= 11 is 0. The smallest absolute Gasteiger partial charge is 0.366 e. The zero-order valence-corrected chi connectivity index (χ0v) is 22.3. The molecular formula is C24H33F6N7O3. The molecule has 0 saturated carbocycles. The lowest BCUT2D eigenvalue weighted by atomic mass is 9.89. The molecule has 224 valence electrons. The van der Waals surface area contributed by atoms with Crippen molar-refractivity contribution < 1.29 is 40.7 Å². The summed E-state index contributed by atoms with van der Waals surface area (Å²) in [5.74, 6) is -3.40. The minimum atomic E-state index is -4.72. The van der Waals surface area contributed by atoms with Gasteiger partial charge in [-0.25, -0.2) is 15.4 Å². The lowest BCUT2D eigenvalue weighted by molar-refractivity contribution is -0.193. The fraction of sp³-hybridized carbons (Fsp3) is 0.750. The molecule has 4 heterocycles. The zero-order chi connectivity index (χ0) is 29.5. The van der Waals surface area contributed by atoms with E-state index < -0.39 is 53.3 Å². The third-order valence-corrected chi connectivity index (χ3v) is 7.53. The fourth-order valence-electron chi connectivity index (χ4n) is 5.51. The number of anilines is 1. The van der Waals surface area contributed by atoms with Gasteiger partial charge in [-0.15, -0.1) is 0 Å². The average Bonchev–Trinajstić information content (AvgIpc) is 3.09. The van der Waals surface area contributed by atoms with Crippen LogP contribution in [0.25, 0.3) is 0 Å². The maximum atomic E-state index is 13.4. The van der Waals surface area contributed by atoms with Gasteiger partial charge in [-0.1, -0.05) is 13.8 Å². The van der Waals surface area contributed by atoms with E-state index in [0.717, 1.165) is 12.4 Å². The van der Waals surface area contributed by atoms with E-state index in [-0.39, 0.29) is 31.0 Å². The van der Waals surface area contributed by atoms with Gasteiger partial charge in [0.05, 0.1) is 12.2 Å². The third kappa shape index (κ3) is 6.60. The molecular weight excluding hydrogens is 548 g/mol. The van der Waals surface area contributed by atoms with E-state index in [1.807, 2.05) is 19.3 Å². The largest absolute Gasteiger partial charge is 0.419 e. The van der Waals surface area contributed by atoms with Crippen LogP contribution in [0.4, 0.5) is 32.3 Å². The quantitative estimate of drug-likeness (QED) is 0.419. The number of rotatable bonds is 7. The first-order chi connectivity index (χ1) is 18.6. The summed E-state index contributed by atoms with van der Waals surface area (Å²) in [7, 11) is 0. The molecule has 2 unspecified atom stereocenters. The number of nitrogens with one attached hydrogen (secondary N) is 3. The second-order valence-corrected chi connectivity index (χ2v) is 11.2. The molecule has 2 amide bonds. The predicted octanol–water partition coefficient (Wildman–Crippen LogP) is 1.88. The van der Waals surface area contributed by atoms with Crippen LogP contribution in [0, 0.1) is 11.3 Å². The molecule has 4 atom stereocenters. The number of hydrazine groups is 1. The number of hydrogen-bond acceptors (Lipinski definition) is 8. The van der Waals surface area contributed by atoms with Crippen LogP contribution < -0.4 is 21.1 Å². The highest BCUT2D eigenvalue weighted by atomic mass is 19.4. The van der Waals surface area contributed by atoms with Gasteiger partial charge in [0, 0.05) is 62.1 Å². The van der Waals surface area contributed by atoms with Crippen molar-refractivity contribution >= 4 is 17.8 Å². The molecule has 3 fully saturated rings. The number of alkyl halides is 6. The van der Waals surface area contributed by atoms with Gasteiger partial charge in [-0.2, -0.15) is 26.3 Å². The number of ether oxygens (including phenoxy) is 1. The molecule has 1 aromatic heterocycles. The Hall–Kier alpha value is -2.72. The maximum absolute atomic E-state index is 13.4. The summed E-state index contributed by atoms with van der Waals surface area (Å²) in [6.45, 7) is 6.55. The van der Waals surface area contributed by atoms with Gasteiger partial charge in [0.15, 0.2) is 5.92 Å². The van der Waals surface area contributed by atoms with Crippen molar-refractivity contribution in [1.29, 1.82) is 0 Å². The first-order valence-corrected chi connectivity index (χ1v) is 13.0. The van der Waals surface area contributed by atoms with E-state index in [2.05, 4.69) is 20.7 Å². The average molecular weight is 582 g/mol. The summed E-state index contributed by atoms with van der Waals surface area (Å²) in [5, 5.41) is 2.81. The Labute approximate surface area is 227 Å². The molecule has 1 aromatic rings. The normalized spacial score (nSPS) is 27.2. The molecule has 0 radical (unpaired) electrons. The number of amides is 2. The monoisotopic (exact) mass is 581 g/mol. The number of piperidine rings is 1. The SMILES string of the molecule is C[C@@H](CO[C@@H]1C(=O)N(C2CCN(c3ncc(C(F)(F)F)cn3)CC2)CC1(C)C)NC1CNNC(=O)C1C(F)(F)F. The van der Waals surface area contributed by atoms with Crippen LogP contribution >= 0.6 is 0 Å². The summed E-state index contributed by atoms with van der Waals surface area (Å²) in [6, 6.07) is -1.89. The van der Waals surface area contributed by atoms with Crippen LogP contribution in [0.5, 0.6) is 0 Å². The Morgan fingerprint density at radius 2 is 1.75 bits per heavy atom. The number of hydrogen-bond donors (Lipinski definition) is 3. The zero-order valence-electron chi connectivity index (χ0n) is 22.3. The van der Waals surface area contributed by atoms with Crippen LogP contribution in [0.3, 0.4) is 0 Å². The van der Waals surface area contributed by atoms with Crippen molar-refractivity contribution in [2.75, 3.05) is 37.7 Å². The highest BCUT2D eigenvalue weighted by Crippen LogP contribution is 2.37. The molecule has 3 aliphatic rings. The minimum Gasteiger partial charge on any atom is -0.366 e. The number of carbonyl (C=O) groups excluding carboxylic acids is 2. The van der Waals surface area contributed by atoms with Gasteiger partial charge in [-0.3, -0.25) is 15.0 Å². The summed E-state index contributed by atoms with van der Waals surface area (Å²) < 4.78 is 84.6. The topological polar surface area (TPSA) is 112 Å². The highest BCUT2D eigenvalue weighted by Gasteiger charge is 2.52. The first kappa shape index (κ1) is 30.2. The van der Waals surface area contributed by atoms with Crippen molar-refractivity contribution in [3.8, 4) is 0 Å². The van der Waals surface area contributed by atoms with Crippen molar-refractivity contribution in [2.45, 2.75) is 70.2 Å². The van der Waals surface area contributed by atoms with Gasteiger partial charge in [0.25, 0.3) is 5.91 Å². The van der Waals surface area contributed by atoms with Gasteiger partial charge in [0.2, 0.25) is 11.9 Å². The van der Waals surface area contributed by atoms with Crippen LogP contribution in [-0.2, 0) is 20.5 Å². The number of halogens is 6. The van der Waals surface area contributed by atoms with Gasteiger partial charge in [0.1, 0.15) is 6.10 Å². The van der Waals surface area contributed by atoms with Crippen molar-refractivity contribution in [1.82, 2.24) is 31.0 Å². The predicted molar refractivity (Wildman–Crippen MR) is 130 cm³/mol. The Morgan fingerprint density at radius 1 is 1.12 bits per heavy atom. The van der Waals surface area contributed by atoms with Crippen LogP contribution in [-0.4, -0.2) is 89.9 Å². The lowest BCUT2D eigenvalue weighted by Gasteiger charge is -2.37.